The third-order valence-corrected chi connectivity index (χ3v) is 1.72. The Bertz CT molecular complexity index is 355. The highest BCUT2D eigenvalue weighted by Gasteiger charge is 2.21. The molecular weight excluding hydrogens is 264 g/mol. The quantitative estimate of drug-likeness (QED) is 0.565. The lowest BCUT2D eigenvalue weighted by atomic mass is 9.96. The maximum Gasteiger partial charge on any atom is 0.330 e. The fourth-order valence-corrected chi connectivity index (χ4v) is 0.693. The smallest absolute Gasteiger partial charge is 0.330 e. The van der Waals surface area contributed by atoms with Crippen LogP contribution in [0.2, 0.25) is 0 Å². The van der Waals surface area contributed by atoms with Gasteiger partial charge in [-0.2, -0.15) is 0 Å². The van der Waals surface area contributed by atoms with Gasteiger partial charge in [0.15, 0.2) is 0 Å². The Morgan fingerprint density at radius 2 is 1.25 bits per heavy atom. The number of hydrogen-bond acceptors (Lipinski definition) is 5. The normalized spacial score (nSPS) is 9.30. The van der Waals surface area contributed by atoms with Crippen LogP contribution in [0.4, 0.5) is 0 Å². The number of carboxylic acid groups (broad SMARTS) is 1. The van der Waals surface area contributed by atoms with Crippen LogP contribution >= 0.6 is 0 Å². The number of rotatable bonds is 7. The Kier molecular flexibility index (Phi) is 10.5. The zero-order valence-electron chi connectivity index (χ0n) is 11.8. The van der Waals surface area contributed by atoms with Gasteiger partial charge < -0.3 is 14.6 Å². The van der Waals surface area contributed by atoms with Crippen LogP contribution in [0.1, 0.15) is 13.8 Å². The van der Waals surface area contributed by atoms with E-state index in [2.05, 4.69) is 19.7 Å². The average Bonchev–Trinajstić information content (AvgIpc) is 2.42. The Labute approximate surface area is 118 Å². The first-order valence-corrected chi connectivity index (χ1v) is 5.62. The minimum absolute atomic E-state index is 0.169. The molecule has 0 aliphatic carbocycles. The van der Waals surface area contributed by atoms with Crippen LogP contribution in [0.25, 0.3) is 0 Å². The summed E-state index contributed by atoms with van der Waals surface area (Å²) in [6.07, 6.45) is 3.01. The summed E-state index contributed by atoms with van der Waals surface area (Å²) in [6, 6.07) is 0. The van der Waals surface area contributed by atoms with E-state index < -0.39 is 23.3 Å². The Morgan fingerprint density at radius 1 is 0.950 bits per heavy atom. The third-order valence-electron chi connectivity index (χ3n) is 1.72. The van der Waals surface area contributed by atoms with E-state index in [0.717, 1.165) is 18.2 Å². The van der Waals surface area contributed by atoms with Crippen molar-refractivity contribution < 1.29 is 29.0 Å². The van der Waals surface area contributed by atoms with Crippen molar-refractivity contribution in [1.82, 2.24) is 0 Å². The minimum Gasteiger partial charge on any atom is -0.478 e. The molecule has 1 N–H and O–H groups in total. The molecule has 0 bridgehead atoms. The number of hydrogen-bond donors (Lipinski definition) is 1. The van der Waals surface area contributed by atoms with Gasteiger partial charge in [0.2, 0.25) is 0 Å². The van der Waals surface area contributed by atoms with E-state index >= 15 is 0 Å². The molecule has 0 saturated heterocycles. The summed E-state index contributed by atoms with van der Waals surface area (Å²) < 4.78 is 9.70. The van der Waals surface area contributed by atoms with Crippen LogP contribution in [0.15, 0.2) is 38.0 Å². The summed E-state index contributed by atoms with van der Waals surface area (Å²) in [5.41, 5.74) is -0.419. The summed E-state index contributed by atoms with van der Waals surface area (Å²) in [6.45, 7) is 13.5. The number of carbonyl (C=O) groups is 3. The second-order valence-electron chi connectivity index (χ2n) is 4.33. The fourth-order valence-electron chi connectivity index (χ4n) is 0.693. The second kappa shape index (κ2) is 10.5. The van der Waals surface area contributed by atoms with E-state index in [0.29, 0.717) is 0 Å². The summed E-state index contributed by atoms with van der Waals surface area (Å²) in [7, 11) is 0. The third kappa shape index (κ3) is 13.7. The maximum atomic E-state index is 10.8. The lowest BCUT2D eigenvalue weighted by Gasteiger charge is -2.22. The van der Waals surface area contributed by atoms with E-state index in [9.17, 15) is 14.4 Å². The molecule has 0 aromatic carbocycles. The van der Waals surface area contributed by atoms with Crippen molar-refractivity contribution in [3.8, 4) is 0 Å². The van der Waals surface area contributed by atoms with Gasteiger partial charge in [0, 0.05) is 23.6 Å². The zero-order chi connectivity index (χ0) is 16.2. The van der Waals surface area contributed by atoms with Gasteiger partial charge in [0.25, 0.3) is 0 Å². The predicted octanol–water partition coefficient (Wildman–Crippen LogP) is 1.73. The first-order valence-electron chi connectivity index (χ1n) is 5.62. The standard InChI is InChI=1S/C11H16O4.C3H4O2/c1-5-9(12)14-7-11(3,4)8-15-10(13)6-2;1-2-3(4)5/h5-6H,1-2,7-8H2,3-4H3;2H,1H2,(H,4,5). The molecule has 6 heteroatoms. The molecule has 0 heterocycles. The summed E-state index contributed by atoms with van der Waals surface area (Å²) in [5, 5.41) is 7.60. The molecule has 0 aromatic rings. The van der Waals surface area contributed by atoms with Gasteiger partial charge in [-0.3, -0.25) is 0 Å². The molecule has 0 amide bonds. The number of ether oxygens (including phenoxy) is 2. The Morgan fingerprint density at radius 3 is 1.45 bits per heavy atom. The van der Waals surface area contributed by atoms with Crippen molar-refractivity contribution in [1.29, 1.82) is 0 Å². The van der Waals surface area contributed by atoms with Crippen LogP contribution in [0.3, 0.4) is 0 Å². The molecule has 0 saturated carbocycles. The summed E-state index contributed by atoms with van der Waals surface area (Å²) >= 11 is 0. The Balaban J connectivity index is 0. The molecule has 0 spiro atoms. The molecule has 0 fully saturated rings. The second-order valence-corrected chi connectivity index (χ2v) is 4.33. The monoisotopic (exact) mass is 284 g/mol. The van der Waals surface area contributed by atoms with Gasteiger partial charge in [0.1, 0.15) is 0 Å². The van der Waals surface area contributed by atoms with Crippen LogP contribution in [-0.2, 0) is 23.9 Å². The molecule has 0 rings (SSSR count). The van der Waals surface area contributed by atoms with E-state index in [1.54, 1.807) is 0 Å². The van der Waals surface area contributed by atoms with Gasteiger partial charge >= 0.3 is 17.9 Å². The molecular formula is C14H20O6. The molecule has 112 valence electrons. The highest BCUT2D eigenvalue weighted by molar-refractivity contribution is 5.81. The first-order chi connectivity index (χ1) is 9.18. The van der Waals surface area contributed by atoms with Crippen LogP contribution in [0.5, 0.6) is 0 Å². The van der Waals surface area contributed by atoms with Crippen molar-refractivity contribution in [2.24, 2.45) is 5.41 Å². The lowest BCUT2D eigenvalue weighted by molar-refractivity contribution is -0.146. The number of carboxylic acids is 1. The van der Waals surface area contributed by atoms with Crippen molar-refractivity contribution >= 4 is 17.9 Å². The van der Waals surface area contributed by atoms with E-state index in [4.69, 9.17) is 14.6 Å². The zero-order valence-corrected chi connectivity index (χ0v) is 11.8. The van der Waals surface area contributed by atoms with E-state index in [1.807, 2.05) is 13.8 Å². The largest absolute Gasteiger partial charge is 0.478 e. The molecule has 6 nitrogen and oxygen atoms in total. The Hall–Kier alpha value is -2.37. The van der Waals surface area contributed by atoms with Gasteiger partial charge in [-0.1, -0.05) is 33.6 Å². The molecule has 0 aromatic heterocycles. The van der Waals surface area contributed by atoms with Crippen molar-refractivity contribution in [2.75, 3.05) is 13.2 Å². The molecule has 0 unspecified atom stereocenters. The molecule has 0 aliphatic heterocycles. The van der Waals surface area contributed by atoms with Crippen LogP contribution in [0, 0.1) is 5.41 Å². The molecule has 0 atom stereocenters. The summed E-state index contributed by atoms with van der Waals surface area (Å²) in [4.78, 5) is 30.8. The SMILES string of the molecule is C=CC(=O)O.C=CC(=O)OCC(C)(C)COC(=O)C=C. The van der Waals surface area contributed by atoms with Crippen molar-refractivity contribution in [3.63, 3.8) is 0 Å². The molecule has 0 radical (unpaired) electrons. The lowest BCUT2D eigenvalue weighted by Crippen LogP contribution is -2.27. The maximum absolute atomic E-state index is 10.8. The summed E-state index contributed by atoms with van der Waals surface area (Å²) in [5.74, 6) is -1.96. The first kappa shape index (κ1) is 20.0. The number of esters is 2. The highest BCUT2D eigenvalue weighted by atomic mass is 16.5. The average molecular weight is 284 g/mol. The highest BCUT2D eigenvalue weighted by Crippen LogP contribution is 2.16. The van der Waals surface area contributed by atoms with E-state index in [-0.39, 0.29) is 13.2 Å². The van der Waals surface area contributed by atoms with Crippen molar-refractivity contribution in [2.45, 2.75) is 13.8 Å². The van der Waals surface area contributed by atoms with Crippen LogP contribution < -0.4 is 0 Å². The minimum atomic E-state index is -0.981. The van der Waals surface area contributed by atoms with Crippen molar-refractivity contribution in [3.05, 3.63) is 38.0 Å². The van der Waals surface area contributed by atoms with Gasteiger partial charge in [-0.15, -0.1) is 0 Å². The predicted molar refractivity (Wildman–Crippen MR) is 73.9 cm³/mol. The topological polar surface area (TPSA) is 89.9 Å². The van der Waals surface area contributed by atoms with Gasteiger partial charge in [-0.05, 0) is 0 Å². The number of aliphatic carboxylic acids is 1. The van der Waals surface area contributed by atoms with Crippen LogP contribution in [-0.4, -0.2) is 36.2 Å². The molecule has 20 heavy (non-hydrogen) atoms. The van der Waals surface area contributed by atoms with Gasteiger partial charge in [0.05, 0.1) is 13.2 Å². The van der Waals surface area contributed by atoms with E-state index in [1.165, 1.54) is 0 Å². The fraction of sp³-hybridized carbons (Fsp3) is 0.357. The van der Waals surface area contributed by atoms with Gasteiger partial charge in [-0.25, -0.2) is 14.4 Å². The molecule has 0 aliphatic rings. The number of carbonyl (C=O) groups excluding carboxylic acids is 2.